The first-order valence-electron chi connectivity index (χ1n) is 14.4. The molecule has 0 aliphatic heterocycles. The van der Waals surface area contributed by atoms with Crippen LogP contribution in [0.4, 0.5) is 0 Å². The number of aromatic nitrogens is 3. The normalized spacial score (nSPS) is 12.2. The third-order valence-corrected chi connectivity index (χ3v) is 10.9. The summed E-state index contributed by atoms with van der Waals surface area (Å²) in [5, 5.41) is 8.87. The second kappa shape index (κ2) is 8.71. The first kappa shape index (κ1) is 23.5. The molecule has 10 aromatic rings. The maximum Gasteiger partial charge on any atom is 0.162 e. The number of hydrogen-bond acceptors (Lipinski definition) is 4. The first-order chi connectivity index (χ1) is 21.3. The van der Waals surface area contributed by atoms with Gasteiger partial charge >= 0.3 is 0 Å². The molecule has 4 aromatic heterocycles. The zero-order valence-electron chi connectivity index (χ0n) is 22.8. The van der Waals surface area contributed by atoms with Gasteiger partial charge in [0.15, 0.2) is 11.6 Å². The Balaban J connectivity index is 1.48. The van der Waals surface area contributed by atoms with Gasteiger partial charge in [-0.25, -0.2) is 9.97 Å². The van der Waals surface area contributed by atoms with E-state index in [0.717, 1.165) is 32.9 Å². The fraction of sp³-hybridized carbons (Fsp3) is 0. The maximum atomic E-state index is 5.40. The van der Waals surface area contributed by atoms with E-state index >= 15 is 0 Å². The van der Waals surface area contributed by atoms with Gasteiger partial charge in [-0.05, 0) is 23.6 Å². The number of para-hydroxylation sites is 1. The standard InChI is InChI=1S/C38H21N3S2/c1-2-12-22(13-3-1)37-39-33-27-18-8-11-21-30(27)43-36(33)38(40-37)41-28-19-9-6-16-25(28)32-34(41)24-15-5-4-14-23(24)31-26-17-7-10-20-29(26)42-35(31)32/h1-21H. The lowest BCUT2D eigenvalue weighted by Crippen LogP contribution is -2.01. The second-order valence-electron chi connectivity index (χ2n) is 10.9. The highest BCUT2D eigenvalue weighted by Gasteiger charge is 2.24. The molecule has 0 atom stereocenters. The largest absolute Gasteiger partial charge is 0.292 e. The molecule has 3 nitrogen and oxygen atoms in total. The molecule has 0 fully saturated rings. The summed E-state index contributed by atoms with van der Waals surface area (Å²) >= 11 is 3.67. The van der Waals surface area contributed by atoms with E-state index in [2.05, 4.69) is 126 Å². The van der Waals surface area contributed by atoms with Crippen molar-refractivity contribution < 1.29 is 0 Å². The molecule has 0 aliphatic rings. The van der Waals surface area contributed by atoms with Gasteiger partial charge in [0.05, 0.1) is 21.3 Å². The van der Waals surface area contributed by atoms with Crippen LogP contribution in [0.3, 0.4) is 0 Å². The lowest BCUT2D eigenvalue weighted by atomic mass is 10.00. The van der Waals surface area contributed by atoms with Gasteiger partial charge in [-0.1, -0.05) is 109 Å². The van der Waals surface area contributed by atoms with Crippen LogP contribution in [-0.4, -0.2) is 14.5 Å². The van der Waals surface area contributed by atoms with E-state index in [-0.39, 0.29) is 0 Å². The average molecular weight is 584 g/mol. The summed E-state index contributed by atoms with van der Waals surface area (Å²) in [6, 6.07) is 45.4. The van der Waals surface area contributed by atoms with E-state index in [1.807, 2.05) is 17.4 Å². The molecule has 0 bridgehead atoms. The SMILES string of the molecule is c1ccc(-c2nc(-n3c4ccccc4c4c5sc6ccccc6c5c5ccccc5c43)c3sc4ccccc4c3n2)cc1. The van der Waals surface area contributed by atoms with Gasteiger partial charge in [-0.2, -0.15) is 0 Å². The van der Waals surface area contributed by atoms with Crippen molar-refractivity contribution in [2.45, 2.75) is 0 Å². The Labute approximate surface area is 253 Å². The minimum Gasteiger partial charge on any atom is -0.292 e. The molecule has 0 N–H and O–H groups in total. The molecule has 0 saturated carbocycles. The summed E-state index contributed by atoms with van der Waals surface area (Å²) in [4.78, 5) is 10.6. The van der Waals surface area contributed by atoms with Crippen molar-refractivity contribution in [1.82, 2.24) is 14.5 Å². The fourth-order valence-corrected chi connectivity index (χ4v) is 9.18. The van der Waals surface area contributed by atoms with Gasteiger partial charge in [0.1, 0.15) is 0 Å². The van der Waals surface area contributed by atoms with Crippen LogP contribution in [0.1, 0.15) is 0 Å². The van der Waals surface area contributed by atoms with E-state index in [1.54, 1.807) is 11.3 Å². The van der Waals surface area contributed by atoms with Gasteiger partial charge in [-0.3, -0.25) is 4.57 Å². The van der Waals surface area contributed by atoms with Crippen LogP contribution in [-0.2, 0) is 0 Å². The highest BCUT2D eigenvalue weighted by molar-refractivity contribution is 7.27. The Hall–Kier alpha value is -5.10. The Kier molecular flexibility index (Phi) is 4.75. The monoisotopic (exact) mass is 583 g/mol. The summed E-state index contributed by atoms with van der Waals surface area (Å²) in [7, 11) is 0. The third-order valence-electron chi connectivity index (χ3n) is 8.59. The minimum absolute atomic E-state index is 0.741. The average Bonchev–Trinajstić information content (AvgIpc) is 3.75. The molecule has 4 heterocycles. The molecule has 6 aromatic carbocycles. The number of fused-ring (bicyclic) bond motifs is 13. The molecule has 200 valence electrons. The molecule has 0 unspecified atom stereocenters. The first-order valence-corrected chi connectivity index (χ1v) is 16.0. The van der Waals surface area contributed by atoms with Crippen LogP contribution >= 0.6 is 22.7 Å². The highest BCUT2D eigenvalue weighted by atomic mass is 32.1. The van der Waals surface area contributed by atoms with Crippen LogP contribution < -0.4 is 0 Å². The molecule has 0 spiro atoms. The Morgan fingerprint density at radius 2 is 1.07 bits per heavy atom. The molecule has 5 heteroatoms. The van der Waals surface area contributed by atoms with E-state index in [4.69, 9.17) is 9.97 Å². The van der Waals surface area contributed by atoms with Crippen molar-refractivity contribution in [3.8, 4) is 17.2 Å². The number of nitrogens with zero attached hydrogens (tertiary/aromatic N) is 3. The topological polar surface area (TPSA) is 30.7 Å². The van der Waals surface area contributed by atoms with Gasteiger partial charge in [0, 0.05) is 52.0 Å². The molecular formula is C38H21N3S2. The number of thiophene rings is 2. The molecule has 0 saturated heterocycles. The summed E-state index contributed by atoms with van der Waals surface area (Å²) in [5.41, 5.74) is 4.37. The predicted octanol–water partition coefficient (Wildman–Crippen LogP) is 11.1. The zero-order valence-corrected chi connectivity index (χ0v) is 24.4. The molecule has 0 aliphatic carbocycles. The van der Waals surface area contributed by atoms with Gasteiger partial charge in [-0.15, -0.1) is 22.7 Å². The molecule has 0 radical (unpaired) electrons. The summed E-state index contributed by atoms with van der Waals surface area (Å²) < 4.78 is 7.38. The maximum absolute atomic E-state index is 5.40. The zero-order chi connectivity index (χ0) is 28.1. The third kappa shape index (κ3) is 3.18. The predicted molar refractivity (Wildman–Crippen MR) is 185 cm³/mol. The van der Waals surface area contributed by atoms with Crippen molar-refractivity contribution in [1.29, 1.82) is 0 Å². The van der Waals surface area contributed by atoms with Crippen molar-refractivity contribution in [3.63, 3.8) is 0 Å². The fourth-order valence-electron chi connectivity index (χ4n) is 6.79. The Morgan fingerprint density at radius 3 is 1.88 bits per heavy atom. The lowest BCUT2D eigenvalue weighted by molar-refractivity contribution is 1.08. The van der Waals surface area contributed by atoms with Gasteiger partial charge in [0.25, 0.3) is 0 Å². The van der Waals surface area contributed by atoms with Gasteiger partial charge < -0.3 is 0 Å². The van der Waals surface area contributed by atoms with E-state index in [9.17, 15) is 0 Å². The summed E-state index contributed by atoms with van der Waals surface area (Å²) in [5.74, 6) is 1.67. The van der Waals surface area contributed by atoms with Crippen LogP contribution in [0.5, 0.6) is 0 Å². The van der Waals surface area contributed by atoms with Crippen molar-refractivity contribution in [2.24, 2.45) is 0 Å². The smallest absolute Gasteiger partial charge is 0.162 e. The van der Waals surface area contributed by atoms with Crippen LogP contribution in [0.2, 0.25) is 0 Å². The van der Waals surface area contributed by atoms with Gasteiger partial charge in [0.2, 0.25) is 0 Å². The number of rotatable bonds is 2. The summed E-state index contributed by atoms with van der Waals surface area (Å²) in [6.07, 6.45) is 0. The lowest BCUT2D eigenvalue weighted by Gasteiger charge is -2.12. The molecular weight excluding hydrogens is 563 g/mol. The quantitative estimate of drug-likeness (QED) is 0.203. The molecule has 10 rings (SSSR count). The second-order valence-corrected chi connectivity index (χ2v) is 13.0. The Bertz CT molecular complexity index is 2730. The highest BCUT2D eigenvalue weighted by Crippen LogP contribution is 2.49. The minimum atomic E-state index is 0.741. The van der Waals surface area contributed by atoms with E-state index < -0.39 is 0 Å². The molecule has 0 amide bonds. The molecule has 43 heavy (non-hydrogen) atoms. The van der Waals surface area contributed by atoms with Crippen LogP contribution in [0, 0.1) is 0 Å². The Morgan fingerprint density at radius 1 is 0.465 bits per heavy atom. The number of benzene rings is 6. The van der Waals surface area contributed by atoms with Crippen molar-refractivity contribution in [3.05, 3.63) is 127 Å². The van der Waals surface area contributed by atoms with Crippen LogP contribution in [0.25, 0.3) is 90.3 Å². The number of hydrogen-bond donors (Lipinski definition) is 0. The van der Waals surface area contributed by atoms with E-state index in [1.165, 1.54) is 57.3 Å². The van der Waals surface area contributed by atoms with E-state index in [0.29, 0.717) is 0 Å². The van der Waals surface area contributed by atoms with Crippen LogP contribution in [0.15, 0.2) is 127 Å². The van der Waals surface area contributed by atoms with Crippen molar-refractivity contribution in [2.75, 3.05) is 0 Å². The summed E-state index contributed by atoms with van der Waals surface area (Å²) in [6.45, 7) is 0. The van der Waals surface area contributed by atoms with Crippen molar-refractivity contribution >= 4 is 95.7 Å².